The number of amides is 1. The summed E-state index contributed by atoms with van der Waals surface area (Å²) < 4.78 is 16.8. The number of hydrogen-bond acceptors (Lipinski definition) is 7. The lowest BCUT2D eigenvalue weighted by Crippen LogP contribution is -2.49. The van der Waals surface area contributed by atoms with Crippen molar-refractivity contribution < 1.29 is 14.3 Å². The van der Waals surface area contributed by atoms with Crippen LogP contribution < -0.4 is 10.2 Å². The molecule has 0 bridgehead atoms. The SMILES string of the molecule is Cc1cnc(Nc2ccc(N3CCN(C(=O)CO)CC3)c(F)c2)nc1-c1cnn(C(C)C)c1. The van der Waals surface area contributed by atoms with Gasteiger partial charge in [-0.3, -0.25) is 9.48 Å². The fourth-order valence-electron chi connectivity index (χ4n) is 3.80. The molecule has 0 atom stereocenters. The predicted molar refractivity (Wildman–Crippen MR) is 124 cm³/mol. The number of anilines is 3. The van der Waals surface area contributed by atoms with Crippen LogP contribution in [0.1, 0.15) is 25.5 Å². The molecule has 1 aliphatic rings. The number of rotatable bonds is 6. The summed E-state index contributed by atoms with van der Waals surface area (Å²) in [6, 6.07) is 5.16. The number of hydrogen-bond donors (Lipinski definition) is 2. The summed E-state index contributed by atoms with van der Waals surface area (Å²) in [5.74, 6) is -0.299. The van der Waals surface area contributed by atoms with Crippen molar-refractivity contribution in [1.29, 1.82) is 0 Å². The van der Waals surface area contributed by atoms with Crippen molar-refractivity contribution >= 4 is 23.2 Å². The summed E-state index contributed by atoms with van der Waals surface area (Å²) in [6.07, 6.45) is 5.46. The van der Waals surface area contributed by atoms with Crippen molar-refractivity contribution in [3.63, 3.8) is 0 Å². The van der Waals surface area contributed by atoms with Gasteiger partial charge in [0.05, 0.1) is 17.6 Å². The number of carbonyl (C=O) groups is 1. The van der Waals surface area contributed by atoms with Crippen molar-refractivity contribution in [2.75, 3.05) is 43.0 Å². The molecule has 0 unspecified atom stereocenters. The third kappa shape index (κ3) is 4.95. The Morgan fingerprint density at radius 1 is 1.21 bits per heavy atom. The Balaban J connectivity index is 1.48. The van der Waals surface area contributed by atoms with Crippen LogP contribution in [0.4, 0.5) is 21.7 Å². The normalized spacial score (nSPS) is 14.1. The van der Waals surface area contributed by atoms with E-state index in [4.69, 9.17) is 5.11 Å². The second-order valence-corrected chi connectivity index (χ2v) is 8.35. The Kier molecular flexibility index (Phi) is 6.55. The van der Waals surface area contributed by atoms with E-state index in [-0.39, 0.29) is 17.8 Å². The van der Waals surface area contributed by atoms with Crippen molar-refractivity contribution in [2.45, 2.75) is 26.8 Å². The first-order valence-electron chi connectivity index (χ1n) is 10.9. The fraction of sp³-hybridized carbons (Fsp3) is 0.391. The van der Waals surface area contributed by atoms with E-state index in [9.17, 15) is 9.18 Å². The van der Waals surface area contributed by atoms with Gasteiger partial charge in [0.1, 0.15) is 12.4 Å². The highest BCUT2D eigenvalue weighted by Crippen LogP contribution is 2.27. The lowest BCUT2D eigenvalue weighted by Gasteiger charge is -2.36. The second-order valence-electron chi connectivity index (χ2n) is 8.35. The molecule has 0 saturated carbocycles. The largest absolute Gasteiger partial charge is 0.387 e. The van der Waals surface area contributed by atoms with Crippen LogP contribution in [-0.2, 0) is 4.79 Å². The molecule has 2 N–H and O–H groups in total. The van der Waals surface area contributed by atoms with E-state index >= 15 is 0 Å². The molecule has 1 fully saturated rings. The zero-order chi connectivity index (χ0) is 23.5. The predicted octanol–water partition coefficient (Wildman–Crippen LogP) is 2.75. The molecule has 0 radical (unpaired) electrons. The highest BCUT2D eigenvalue weighted by Gasteiger charge is 2.22. The molecular weight excluding hydrogens is 425 g/mol. The molecular formula is C23H28FN7O2. The maximum atomic E-state index is 14.9. The van der Waals surface area contributed by atoms with Crippen LogP contribution >= 0.6 is 0 Å². The van der Waals surface area contributed by atoms with Crippen molar-refractivity contribution in [2.24, 2.45) is 0 Å². The van der Waals surface area contributed by atoms with Crippen molar-refractivity contribution in [1.82, 2.24) is 24.6 Å². The van der Waals surface area contributed by atoms with Crippen molar-refractivity contribution in [3.8, 4) is 11.3 Å². The van der Waals surface area contributed by atoms with Gasteiger partial charge in [-0.1, -0.05) is 0 Å². The first kappa shape index (κ1) is 22.7. The van der Waals surface area contributed by atoms with E-state index in [0.717, 1.165) is 16.8 Å². The van der Waals surface area contributed by atoms with Gasteiger partial charge in [-0.25, -0.2) is 14.4 Å². The molecule has 1 saturated heterocycles. The number of piperazine rings is 1. The number of nitrogens with zero attached hydrogens (tertiary/aromatic N) is 6. The van der Waals surface area contributed by atoms with Gasteiger partial charge >= 0.3 is 0 Å². The monoisotopic (exact) mass is 453 g/mol. The molecule has 33 heavy (non-hydrogen) atoms. The van der Waals surface area contributed by atoms with Crippen molar-refractivity contribution in [3.05, 3.63) is 48.2 Å². The molecule has 0 aliphatic carbocycles. The molecule has 1 aromatic carbocycles. The minimum Gasteiger partial charge on any atom is -0.387 e. The number of aliphatic hydroxyl groups excluding tert-OH is 1. The minimum absolute atomic E-state index is 0.248. The Bertz CT molecular complexity index is 1140. The van der Waals surface area contributed by atoms with Crippen LogP contribution in [0.15, 0.2) is 36.8 Å². The average molecular weight is 454 g/mol. The topological polar surface area (TPSA) is 99.4 Å². The van der Waals surface area contributed by atoms with Gasteiger partial charge in [-0.15, -0.1) is 0 Å². The Hall–Kier alpha value is -3.53. The standard InChI is InChI=1S/C23H28FN7O2/c1-15(2)31-13-17(12-26-31)22-16(3)11-25-23(28-22)27-18-4-5-20(19(24)10-18)29-6-8-30(9-7-29)21(33)14-32/h4-5,10-13,15,32H,6-9,14H2,1-3H3,(H,25,27,28). The van der Waals surface area contributed by atoms with Crippen LogP contribution in [0.3, 0.4) is 0 Å². The van der Waals surface area contributed by atoms with Crippen LogP contribution in [0.2, 0.25) is 0 Å². The summed E-state index contributed by atoms with van der Waals surface area (Å²) in [6.45, 7) is 7.46. The molecule has 3 aromatic rings. The number of benzene rings is 1. The smallest absolute Gasteiger partial charge is 0.248 e. The van der Waals surface area contributed by atoms with Gasteiger partial charge < -0.3 is 20.2 Å². The number of aryl methyl sites for hydroxylation is 1. The number of nitrogens with one attached hydrogen (secondary N) is 1. The van der Waals surface area contributed by atoms with Gasteiger partial charge in [0.15, 0.2) is 0 Å². The van der Waals surface area contributed by atoms with Gasteiger partial charge in [-0.2, -0.15) is 5.10 Å². The lowest BCUT2D eigenvalue weighted by molar-refractivity contribution is -0.134. The average Bonchev–Trinajstić information content (AvgIpc) is 3.31. The third-order valence-electron chi connectivity index (χ3n) is 5.69. The van der Waals surface area contributed by atoms with Gasteiger partial charge in [0.2, 0.25) is 11.9 Å². The van der Waals surface area contributed by atoms with Gasteiger partial charge in [0, 0.05) is 55.9 Å². The van der Waals surface area contributed by atoms with E-state index in [1.54, 1.807) is 29.4 Å². The van der Waals surface area contributed by atoms with E-state index < -0.39 is 6.61 Å². The van der Waals surface area contributed by atoms with E-state index in [1.807, 2.05) is 22.7 Å². The highest BCUT2D eigenvalue weighted by molar-refractivity contribution is 5.77. The van der Waals surface area contributed by atoms with Gasteiger partial charge in [-0.05, 0) is 44.5 Å². The third-order valence-corrected chi connectivity index (χ3v) is 5.69. The highest BCUT2D eigenvalue weighted by atomic mass is 19.1. The maximum Gasteiger partial charge on any atom is 0.248 e. The zero-order valence-corrected chi connectivity index (χ0v) is 19.0. The van der Waals surface area contributed by atoms with Crippen LogP contribution in [-0.4, -0.2) is 68.4 Å². The number of aliphatic hydroxyl groups is 1. The van der Waals surface area contributed by atoms with E-state index in [0.29, 0.717) is 43.5 Å². The van der Waals surface area contributed by atoms with Crippen LogP contribution in [0.25, 0.3) is 11.3 Å². The van der Waals surface area contributed by atoms with Gasteiger partial charge in [0.25, 0.3) is 0 Å². The van der Waals surface area contributed by atoms with E-state index in [2.05, 4.69) is 34.2 Å². The summed E-state index contributed by atoms with van der Waals surface area (Å²) in [5, 5.41) is 16.5. The molecule has 1 aliphatic heterocycles. The fourth-order valence-corrected chi connectivity index (χ4v) is 3.80. The van der Waals surface area contributed by atoms with Crippen LogP contribution in [0, 0.1) is 12.7 Å². The van der Waals surface area contributed by atoms with E-state index in [1.165, 1.54) is 6.07 Å². The summed E-state index contributed by atoms with van der Waals surface area (Å²) >= 11 is 0. The molecule has 3 heterocycles. The lowest BCUT2D eigenvalue weighted by atomic mass is 10.1. The first-order chi connectivity index (χ1) is 15.9. The maximum absolute atomic E-state index is 14.9. The molecule has 174 valence electrons. The number of halogens is 1. The minimum atomic E-state index is -0.502. The molecule has 4 rings (SSSR count). The Labute approximate surface area is 191 Å². The van der Waals surface area contributed by atoms with Crippen LogP contribution in [0.5, 0.6) is 0 Å². The molecule has 1 amide bonds. The number of aromatic nitrogens is 4. The summed E-state index contributed by atoms with van der Waals surface area (Å²) in [5.41, 5.74) is 3.60. The molecule has 10 heteroatoms. The Morgan fingerprint density at radius 2 is 1.97 bits per heavy atom. The molecule has 0 spiro atoms. The number of carbonyl (C=O) groups excluding carboxylic acids is 1. The quantitative estimate of drug-likeness (QED) is 0.592. The molecule has 9 nitrogen and oxygen atoms in total. The summed E-state index contributed by atoms with van der Waals surface area (Å²) in [4.78, 5) is 24.1. The second kappa shape index (κ2) is 9.53. The zero-order valence-electron chi connectivity index (χ0n) is 19.0. The Morgan fingerprint density at radius 3 is 2.61 bits per heavy atom. The first-order valence-corrected chi connectivity index (χ1v) is 10.9. The summed E-state index contributed by atoms with van der Waals surface area (Å²) in [7, 11) is 0. The molecule has 2 aromatic heterocycles.